The van der Waals surface area contributed by atoms with Crippen molar-refractivity contribution in [2.45, 2.75) is 6.42 Å². The van der Waals surface area contributed by atoms with Crippen LogP contribution in [0, 0.1) is 3.95 Å². The Hall–Kier alpha value is -1.50. The van der Waals surface area contributed by atoms with E-state index in [1.165, 1.54) is 11.3 Å². The molecule has 2 aromatic heterocycles. The first-order valence-corrected chi connectivity index (χ1v) is 7.76. The van der Waals surface area contributed by atoms with Crippen LogP contribution in [-0.2, 0) is 11.2 Å². The van der Waals surface area contributed by atoms with Crippen LogP contribution in [0.3, 0.4) is 0 Å². The van der Waals surface area contributed by atoms with Gasteiger partial charge in [0.05, 0.1) is 16.6 Å². The van der Waals surface area contributed by atoms with Crippen molar-refractivity contribution in [3.63, 3.8) is 0 Å². The Morgan fingerprint density at radius 2 is 2.26 bits per heavy atom. The number of hydrogen-bond donors (Lipinski definition) is 2. The van der Waals surface area contributed by atoms with Gasteiger partial charge in [-0.05, 0) is 41.9 Å². The summed E-state index contributed by atoms with van der Waals surface area (Å²) in [6.07, 6.45) is 0.415. The first-order valence-electron chi connectivity index (χ1n) is 5.66. The van der Waals surface area contributed by atoms with Crippen LogP contribution < -0.4 is 5.32 Å². The van der Waals surface area contributed by atoms with E-state index in [2.05, 4.69) is 10.3 Å². The second-order valence-corrected chi connectivity index (χ2v) is 6.78. The molecule has 0 radical (unpaired) electrons. The predicted molar refractivity (Wildman–Crippen MR) is 83.7 cm³/mol. The molecule has 1 amide bonds. The van der Waals surface area contributed by atoms with Crippen LogP contribution in [0.25, 0.3) is 10.2 Å². The van der Waals surface area contributed by atoms with Crippen molar-refractivity contribution in [1.29, 1.82) is 0 Å². The Morgan fingerprint density at radius 1 is 1.37 bits per heavy atom. The van der Waals surface area contributed by atoms with E-state index in [4.69, 9.17) is 12.2 Å². The third-order valence-corrected chi connectivity index (χ3v) is 4.69. The highest BCUT2D eigenvalue weighted by Gasteiger charge is 2.06. The molecular weight excluding hydrogens is 296 g/mol. The molecule has 0 saturated heterocycles. The number of thiophene rings is 1. The van der Waals surface area contributed by atoms with Gasteiger partial charge in [0.25, 0.3) is 0 Å². The third-order valence-electron chi connectivity index (χ3n) is 2.62. The second-order valence-electron chi connectivity index (χ2n) is 4.03. The third kappa shape index (κ3) is 2.91. The molecular formula is C13H10N2OS3. The standard InChI is InChI=1S/C13H10N2OS3/c16-12(7-9-2-1-5-18-9)14-8-3-4-10-11(6-8)19-13(17)15-10/h1-6H,7H2,(H,14,16)(H,15,17). The maximum atomic E-state index is 11.9. The highest BCUT2D eigenvalue weighted by atomic mass is 32.1. The van der Waals surface area contributed by atoms with Gasteiger partial charge < -0.3 is 10.3 Å². The number of amides is 1. The highest BCUT2D eigenvalue weighted by Crippen LogP contribution is 2.23. The SMILES string of the molecule is O=C(Cc1cccs1)Nc1ccc2[nH]c(=S)sc2c1. The van der Waals surface area contributed by atoms with E-state index in [1.54, 1.807) is 11.3 Å². The van der Waals surface area contributed by atoms with Crippen molar-refractivity contribution in [3.8, 4) is 0 Å². The van der Waals surface area contributed by atoms with Crippen molar-refractivity contribution in [2.75, 3.05) is 5.32 Å². The summed E-state index contributed by atoms with van der Waals surface area (Å²) in [6.45, 7) is 0. The Labute approximate surface area is 122 Å². The average Bonchev–Trinajstić information content (AvgIpc) is 2.96. The summed E-state index contributed by atoms with van der Waals surface area (Å²) in [5.41, 5.74) is 1.81. The van der Waals surface area contributed by atoms with Crippen molar-refractivity contribution in [3.05, 3.63) is 44.5 Å². The summed E-state index contributed by atoms with van der Waals surface area (Å²) < 4.78 is 1.80. The van der Waals surface area contributed by atoms with Crippen molar-refractivity contribution >= 4 is 56.7 Å². The molecule has 96 valence electrons. The van der Waals surface area contributed by atoms with E-state index in [0.29, 0.717) is 6.42 Å². The quantitative estimate of drug-likeness (QED) is 0.712. The number of nitrogens with one attached hydrogen (secondary N) is 2. The van der Waals surface area contributed by atoms with Gasteiger partial charge in [-0.15, -0.1) is 22.7 Å². The minimum atomic E-state index is 0.000864. The lowest BCUT2D eigenvalue weighted by molar-refractivity contribution is -0.115. The maximum absolute atomic E-state index is 11.9. The molecule has 3 aromatic rings. The number of H-pyrrole nitrogens is 1. The number of anilines is 1. The molecule has 1 aromatic carbocycles. The van der Waals surface area contributed by atoms with Crippen molar-refractivity contribution < 1.29 is 4.79 Å². The van der Waals surface area contributed by atoms with Gasteiger partial charge in [-0.1, -0.05) is 6.07 Å². The summed E-state index contributed by atoms with van der Waals surface area (Å²) in [6, 6.07) is 9.67. The zero-order valence-corrected chi connectivity index (χ0v) is 12.3. The number of aromatic nitrogens is 1. The van der Waals surface area contributed by atoms with Gasteiger partial charge in [0, 0.05) is 10.6 Å². The van der Waals surface area contributed by atoms with Crippen molar-refractivity contribution in [2.24, 2.45) is 0 Å². The lowest BCUT2D eigenvalue weighted by Crippen LogP contribution is -2.13. The van der Waals surface area contributed by atoms with Gasteiger partial charge in [0.2, 0.25) is 5.91 Å². The van der Waals surface area contributed by atoms with Crippen LogP contribution >= 0.6 is 34.9 Å². The van der Waals surface area contributed by atoms with E-state index < -0.39 is 0 Å². The van der Waals surface area contributed by atoms with Gasteiger partial charge in [-0.3, -0.25) is 4.79 Å². The lowest BCUT2D eigenvalue weighted by Gasteiger charge is -2.04. The van der Waals surface area contributed by atoms with Crippen LogP contribution in [0.2, 0.25) is 0 Å². The minimum Gasteiger partial charge on any atom is -0.337 e. The largest absolute Gasteiger partial charge is 0.337 e. The number of benzene rings is 1. The van der Waals surface area contributed by atoms with Crippen LogP contribution in [0.4, 0.5) is 5.69 Å². The molecule has 19 heavy (non-hydrogen) atoms. The Morgan fingerprint density at radius 3 is 3.05 bits per heavy atom. The maximum Gasteiger partial charge on any atom is 0.229 e. The number of fused-ring (bicyclic) bond motifs is 1. The van der Waals surface area contributed by atoms with Crippen LogP contribution in [-0.4, -0.2) is 10.9 Å². The molecule has 2 heterocycles. The van der Waals surface area contributed by atoms with Crippen LogP contribution in [0.15, 0.2) is 35.7 Å². The molecule has 0 aliphatic heterocycles. The van der Waals surface area contributed by atoms with E-state index in [9.17, 15) is 4.79 Å². The van der Waals surface area contributed by atoms with Crippen LogP contribution in [0.1, 0.15) is 4.88 Å². The molecule has 0 saturated carbocycles. The smallest absolute Gasteiger partial charge is 0.229 e. The first-order chi connectivity index (χ1) is 9.20. The average molecular weight is 306 g/mol. The van der Waals surface area contributed by atoms with E-state index in [0.717, 1.165) is 24.7 Å². The van der Waals surface area contributed by atoms with Gasteiger partial charge in [0.15, 0.2) is 3.95 Å². The minimum absolute atomic E-state index is 0.000864. The molecule has 0 aliphatic rings. The normalized spacial score (nSPS) is 10.7. The monoisotopic (exact) mass is 306 g/mol. The van der Waals surface area contributed by atoms with Crippen molar-refractivity contribution in [1.82, 2.24) is 4.98 Å². The zero-order chi connectivity index (χ0) is 13.2. The van der Waals surface area contributed by atoms with E-state index in [1.807, 2.05) is 35.7 Å². The summed E-state index contributed by atoms with van der Waals surface area (Å²) in [5, 5.41) is 4.88. The van der Waals surface area contributed by atoms with Gasteiger partial charge in [-0.25, -0.2) is 0 Å². The Balaban J connectivity index is 1.77. The number of hydrogen-bond acceptors (Lipinski definition) is 4. The Kier molecular flexibility index (Phi) is 3.46. The van der Waals surface area contributed by atoms with E-state index in [-0.39, 0.29) is 5.91 Å². The number of carbonyl (C=O) groups excluding carboxylic acids is 1. The molecule has 0 bridgehead atoms. The van der Waals surface area contributed by atoms with Crippen LogP contribution in [0.5, 0.6) is 0 Å². The first kappa shape index (κ1) is 12.5. The highest BCUT2D eigenvalue weighted by molar-refractivity contribution is 7.73. The zero-order valence-electron chi connectivity index (χ0n) is 9.80. The molecule has 0 atom stereocenters. The number of thiazole rings is 1. The number of aromatic amines is 1. The lowest BCUT2D eigenvalue weighted by atomic mass is 10.2. The molecule has 3 nitrogen and oxygen atoms in total. The fourth-order valence-electron chi connectivity index (χ4n) is 1.80. The van der Waals surface area contributed by atoms with Gasteiger partial charge >= 0.3 is 0 Å². The van der Waals surface area contributed by atoms with Gasteiger partial charge in [0.1, 0.15) is 0 Å². The summed E-state index contributed by atoms with van der Waals surface area (Å²) in [5.74, 6) is 0.000864. The number of rotatable bonds is 3. The molecule has 0 aliphatic carbocycles. The Bertz CT molecular complexity index is 771. The summed E-state index contributed by atoms with van der Waals surface area (Å²) in [4.78, 5) is 16.1. The fourth-order valence-corrected chi connectivity index (χ4v) is 3.66. The second kappa shape index (κ2) is 5.24. The molecule has 0 fully saturated rings. The van der Waals surface area contributed by atoms with E-state index >= 15 is 0 Å². The predicted octanol–water partition coefficient (Wildman–Crippen LogP) is 4.20. The fraction of sp³-hybridized carbons (Fsp3) is 0.0769. The summed E-state index contributed by atoms with van der Waals surface area (Å²) in [7, 11) is 0. The van der Waals surface area contributed by atoms with Gasteiger partial charge in [-0.2, -0.15) is 0 Å². The summed E-state index contributed by atoms with van der Waals surface area (Å²) >= 11 is 8.20. The molecule has 2 N–H and O–H groups in total. The molecule has 0 spiro atoms. The molecule has 3 rings (SSSR count). The topological polar surface area (TPSA) is 44.9 Å². The molecule has 6 heteroatoms. The number of carbonyl (C=O) groups is 1. The molecule has 0 unspecified atom stereocenters.